The first-order chi connectivity index (χ1) is 8.60. The van der Waals surface area contributed by atoms with Crippen LogP contribution in [-0.4, -0.2) is 11.6 Å². The largest absolute Gasteiger partial charge is 0.493 e. The average molecular weight is 244 g/mol. The van der Waals surface area contributed by atoms with Crippen LogP contribution in [0.15, 0.2) is 24.3 Å². The van der Waals surface area contributed by atoms with Crippen molar-refractivity contribution >= 4 is 10.9 Å². The summed E-state index contributed by atoms with van der Waals surface area (Å²) in [7, 11) is 0. The summed E-state index contributed by atoms with van der Waals surface area (Å²) < 4.78 is 5.72. The fourth-order valence-electron chi connectivity index (χ4n) is 1.86. The van der Waals surface area contributed by atoms with Gasteiger partial charge in [-0.1, -0.05) is 13.8 Å². The normalized spacial score (nSPS) is 11.2. The van der Waals surface area contributed by atoms with Gasteiger partial charge >= 0.3 is 0 Å². The first-order valence-electron chi connectivity index (χ1n) is 6.33. The van der Waals surface area contributed by atoms with Crippen molar-refractivity contribution in [2.45, 2.75) is 27.3 Å². The molecule has 2 rings (SSSR count). The van der Waals surface area contributed by atoms with E-state index in [2.05, 4.69) is 24.9 Å². The minimum absolute atomic E-state index is 0.480. The highest BCUT2D eigenvalue weighted by Gasteiger charge is 2.04. The Hall–Kier alpha value is -1.61. The molecule has 0 amide bonds. The molecule has 2 aromatic rings. The molecule has 0 aliphatic heterocycles. The molecule has 0 aliphatic carbocycles. The zero-order chi connectivity index (χ0) is 13.1. The van der Waals surface area contributed by atoms with Gasteiger partial charge in [0, 0.05) is 11.9 Å². The Morgan fingerprint density at radius 3 is 2.72 bits per heavy atom. The Kier molecular flexibility index (Phi) is 3.82. The lowest BCUT2D eigenvalue weighted by Gasteiger charge is -2.10. The van der Waals surface area contributed by atoms with Crippen LogP contribution in [0.4, 0.5) is 0 Å². The van der Waals surface area contributed by atoms with E-state index in [1.165, 1.54) is 0 Å². The van der Waals surface area contributed by atoms with Crippen molar-refractivity contribution in [2.24, 2.45) is 11.7 Å². The van der Waals surface area contributed by atoms with Crippen LogP contribution in [0, 0.1) is 12.8 Å². The molecule has 0 aliphatic rings. The van der Waals surface area contributed by atoms with Gasteiger partial charge in [0.05, 0.1) is 17.8 Å². The smallest absolute Gasteiger partial charge is 0.120 e. The summed E-state index contributed by atoms with van der Waals surface area (Å²) in [5.41, 5.74) is 8.72. The number of aryl methyl sites for hydroxylation is 1. The lowest BCUT2D eigenvalue weighted by Crippen LogP contribution is -2.05. The van der Waals surface area contributed by atoms with Gasteiger partial charge in [-0.3, -0.25) is 4.98 Å². The summed E-state index contributed by atoms with van der Waals surface area (Å²) in [6.07, 6.45) is 0. The molecule has 1 heterocycles. The molecule has 0 radical (unpaired) electrons. The molecule has 3 heteroatoms. The summed E-state index contributed by atoms with van der Waals surface area (Å²) in [5.74, 6) is 1.43. The van der Waals surface area contributed by atoms with Crippen LogP contribution < -0.4 is 10.5 Å². The maximum Gasteiger partial charge on any atom is 0.120 e. The van der Waals surface area contributed by atoms with E-state index in [0.29, 0.717) is 12.5 Å². The number of aromatic nitrogens is 1. The van der Waals surface area contributed by atoms with Crippen molar-refractivity contribution < 1.29 is 4.74 Å². The van der Waals surface area contributed by atoms with Gasteiger partial charge in [-0.05, 0) is 42.7 Å². The number of ether oxygens (including phenoxy) is 1. The first kappa shape index (κ1) is 12.8. The zero-order valence-electron chi connectivity index (χ0n) is 11.2. The molecule has 0 fully saturated rings. The van der Waals surface area contributed by atoms with E-state index in [-0.39, 0.29) is 0 Å². The lowest BCUT2D eigenvalue weighted by molar-refractivity contribution is 0.271. The summed E-state index contributed by atoms with van der Waals surface area (Å²) >= 11 is 0. The number of rotatable bonds is 4. The van der Waals surface area contributed by atoms with Crippen molar-refractivity contribution in [3.8, 4) is 5.75 Å². The van der Waals surface area contributed by atoms with E-state index in [1.807, 2.05) is 25.1 Å². The highest BCUT2D eigenvalue weighted by Crippen LogP contribution is 2.22. The van der Waals surface area contributed by atoms with E-state index in [9.17, 15) is 0 Å². The molecule has 0 saturated heterocycles. The predicted octanol–water partition coefficient (Wildman–Crippen LogP) is 3.04. The summed E-state index contributed by atoms with van der Waals surface area (Å²) in [4.78, 5) is 4.55. The van der Waals surface area contributed by atoms with Gasteiger partial charge in [0.1, 0.15) is 5.75 Å². The van der Waals surface area contributed by atoms with Crippen LogP contribution in [0.3, 0.4) is 0 Å². The quantitative estimate of drug-likeness (QED) is 0.899. The second-order valence-electron chi connectivity index (χ2n) is 5.02. The van der Waals surface area contributed by atoms with Crippen LogP contribution in [0.25, 0.3) is 10.9 Å². The summed E-state index contributed by atoms with van der Waals surface area (Å²) in [6.45, 7) is 7.53. The standard InChI is InChI=1S/C15H20N2O/c1-10(2)9-18-13-4-5-14-12(7-13)6-11(3)15(8-16)17-14/h4-7,10H,8-9,16H2,1-3H3. The predicted molar refractivity (Wildman–Crippen MR) is 74.7 cm³/mol. The Morgan fingerprint density at radius 2 is 2.06 bits per heavy atom. The number of benzene rings is 1. The second-order valence-corrected chi connectivity index (χ2v) is 5.02. The molecule has 0 bridgehead atoms. The van der Waals surface area contributed by atoms with Crippen molar-refractivity contribution in [3.05, 3.63) is 35.5 Å². The van der Waals surface area contributed by atoms with E-state index in [0.717, 1.165) is 34.5 Å². The third-order valence-corrected chi connectivity index (χ3v) is 2.86. The van der Waals surface area contributed by atoms with Gasteiger partial charge in [-0.2, -0.15) is 0 Å². The Labute approximate surface area is 108 Å². The number of nitrogens with two attached hydrogens (primary N) is 1. The first-order valence-corrected chi connectivity index (χ1v) is 6.33. The monoisotopic (exact) mass is 244 g/mol. The van der Waals surface area contributed by atoms with Crippen LogP contribution in [0.5, 0.6) is 5.75 Å². The fourth-order valence-corrected chi connectivity index (χ4v) is 1.86. The van der Waals surface area contributed by atoms with Crippen molar-refractivity contribution in [1.82, 2.24) is 4.98 Å². The van der Waals surface area contributed by atoms with Crippen LogP contribution in [0.1, 0.15) is 25.1 Å². The van der Waals surface area contributed by atoms with Crippen LogP contribution in [-0.2, 0) is 6.54 Å². The molecular weight excluding hydrogens is 224 g/mol. The van der Waals surface area contributed by atoms with Crippen LogP contribution in [0.2, 0.25) is 0 Å². The fraction of sp³-hybridized carbons (Fsp3) is 0.400. The maximum atomic E-state index is 5.72. The number of hydrogen-bond donors (Lipinski definition) is 1. The molecule has 2 N–H and O–H groups in total. The molecule has 18 heavy (non-hydrogen) atoms. The average Bonchev–Trinajstić information content (AvgIpc) is 2.35. The minimum Gasteiger partial charge on any atom is -0.493 e. The number of pyridine rings is 1. The summed E-state index contributed by atoms with van der Waals surface area (Å²) in [5, 5.41) is 1.10. The van der Waals surface area contributed by atoms with Gasteiger partial charge in [0.25, 0.3) is 0 Å². The molecule has 0 atom stereocenters. The minimum atomic E-state index is 0.480. The van der Waals surface area contributed by atoms with E-state index < -0.39 is 0 Å². The topological polar surface area (TPSA) is 48.1 Å². The molecule has 0 unspecified atom stereocenters. The third-order valence-electron chi connectivity index (χ3n) is 2.86. The zero-order valence-corrected chi connectivity index (χ0v) is 11.2. The van der Waals surface area contributed by atoms with Gasteiger partial charge in [-0.25, -0.2) is 0 Å². The molecular formula is C15H20N2O. The maximum absolute atomic E-state index is 5.72. The highest BCUT2D eigenvalue weighted by molar-refractivity contribution is 5.81. The van der Waals surface area contributed by atoms with Gasteiger partial charge < -0.3 is 10.5 Å². The molecule has 1 aromatic heterocycles. The third kappa shape index (κ3) is 2.79. The molecule has 1 aromatic carbocycles. The molecule has 3 nitrogen and oxygen atoms in total. The van der Waals surface area contributed by atoms with E-state index >= 15 is 0 Å². The highest BCUT2D eigenvalue weighted by atomic mass is 16.5. The SMILES string of the molecule is Cc1cc2cc(OCC(C)C)ccc2nc1CN. The number of nitrogens with zero attached hydrogens (tertiary/aromatic N) is 1. The van der Waals surface area contributed by atoms with Crippen molar-refractivity contribution in [2.75, 3.05) is 6.61 Å². The number of fused-ring (bicyclic) bond motifs is 1. The Morgan fingerprint density at radius 1 is 1.28 bits per heavy atom. The Bertz CT molecular complexity index is 549. The van der Waals surface area contributed by atoms with Crippen molar-refractivity contribution in [3.63, 3.8) is 0 Å². The lowest BCUT2D eigenvalue weighted by atomic mass is 10.1. The Balaban J connectivity index is 2.33. The van der Waals surface area contributed by atoms with Gasteiger partial charge in [0.2, 0.25) is 0 Å². The molecule has 0 spiro atoms. The second kappa shape index (κ2) is 5.36. The molecule has 96 valence electrons. The van der Waals surface area contributed by atoms with E-state index in [1.54, 1.807) is 0 Å². The van der Waals surface area contributed by atoms with Gasteiger partial charge in [0.15, 0.2) is 0 Å². The summed E-state index contributed by atoms with van der Waals surface area (Å²) in [6, 6.07) is 8.11. The van der Waals surface area contributed by atoms with Crippen LogP contribution >= 0.6 is 0 Å². The number of hydrogen-bond acceptors (Lipinski definition) is 3. The van der Waals surface area contributed by atoms with E-state index in [4.69, 9.17) is 10.5 Å². The van der Waals surface area contributed by atoms with Gasteiger partial charge in [-0.15, -0.1) is 0 Å². The molecule has 0 saturated carbocycles. The van der Waals surface area contributed by atoms with Crippen molar-refractivity contribution in [1.29, 1.82) is 0 Å².